The first-order valence-corrected chi connectivity index (χ1v) is 11.2. The molecule has 1 unspecified atom stereocenters. The first-order valence-electron chi connectivity index (χ1n) is 11.2. The molecule has 0 N–H and O–H groups in total. The van der Waals surface area contributed by atoms with E-state index in [9.17, 15) is 10.1 Å². The molecule has 5 rings (SSSR count). The smallest absolute Gasteiger partial charge is 0.269 e. The zero-order valence-corrected chi connectivity index (χ0v) is 19.4. The second kappa shape index (κ2) is 9.55. The lowest BCUT2D eigenvalue weighted by Crippen LogP contribution is -2.35. The number of non-ortho nitro benzene ring substituents is 1. The van der Waals surface area contributed by atoms with Crippen LogP contribution in [0.25, 0.3) is 11.4 Å². The summed E-state index contributed by atoms with van der Waals surface area (Å²) in [6.45, 7) is 1.24. The number of hydrogen-bond donors (Lipinski definition) is 0. The maximum Gasteiger partial charge on any atom is 0.269 e. The average Bonchev–Trinajstić information content (AvgIpc) is 3.36. The molecule has 1 aliphatic rings. The molecule has 0 amide bonds. The summed E-state index contributed by atoms with van der Waals surface area (Å²) < 4.78 is 16.7. The van der Waals surface area contributed by atoms with Gasteiger partial charge in [0.15, 0.2) is 11.5 Å². The highest BCUT2D eigenvalue weighted by Crippen LogP contribution is 2.41. The van der Waals surface area contributed by atoms with Gasteiger partial charge in [-0.1, -0.05) is 35.5 Å². The molecule has 0 saturated carbocycles. The minimum Gasteiger partial charge on any atom is -0.493 e. The normalized spacial score (nSPS) is 15.4. The first-order chi connectivity index (χ1) is 17.1. The van der Waals surface area contributed by atoms with Gasteiger partial charge >= 0.3 is 0 Å². The Morgan fingerprint density at radius 3 is 2.46 bits per heavy atom. The number of hydrogen-bond acceptors (Lipinski definition) is 8. The molecule has 0 aliphatic carbocycles. The predicted octanol–water partition coefficient (Wildman–Crippen LogP) is 4.81. The number of rotatable bonds is 7. The van der Waals surface area contributed by atoms with E-state index in [1.165, 1.54) is 17.7 Å². The van der Waals surface area contributed by atoms with E-state index in [0.29, 0.717) is 29.6 Å². The lowest BCUT2D eigenvalue weighted by atomic mass is 9.87. The van der Waals surface area contributed by atoms with E-state index in [2.05, 4.69) is 33.2 Å². The number of ether oxygens (including phenoxy) is 2. The van der Waals surface area contributed by atoms with Gasteiger partial charge in [-0.3, -0.25) is 15.0 Å². The largest absolute Gasteiger partial charge is 0.493 e. The number of nitro groups is 1. The van der Waals surface area contributed by atoms with Gasteiger partial charge in [-0.25, -0.2) is 0 Å². The highest BCUT2D eigenvalue weighted by Gasteiger charge is 2.31. The zero-order chi connectivity index (χ0) is 24.4. The van der Waals surface area contributed by atoms with Gasteiger partial charge in [0.05, 0.1) is 31.7 Å². The second-order valence-corrected chi connectivity index (χ2v) is 8.26. The summed E-state index contributed by atoms with van der Waals surface area (Å²) in [5.74, 6) is 2.28. The molecule has 0 bridgehead atoms. The summed E-state index contributed by atoms with van der Waals surface area (Å²) in [5, 5.41) is 15.0. The third-order valence-corrected chi connectivity index (χ3v) is 6.23. The third kappa shape index (κ3) is 4.45. The summed E-state index contributed by atoms with van der Waals surface area (Å²) >= 11 is 0. The van der Waals surface area contributed by atoms with Crippen LogP contribution in [-0.2, 0) is 13.0 Å². The summed E-state index contributed by atoms with van der Waals surface area (Å²) in [6, 6.07) is 20.5. The van der Waals surface area contributed by atoms with Crippen molar-refractivity contribution in [1.29, 1.82) is 0 Å². The van der Waals surface area contributed by atoms with Crippen LogP contribution in [0.2, 0.25) is 0 Å². The van der Waals surface area contributed by atoms with E-state index in [1.807, 2.05) is 24.3 Å². The Morgan fingerprint density at radius 1 is 1.06 bits per heavy atom. The molecule has 0 fully saturated rings. The molecular formula is C26H24N4O5. The van der Waals surface area contributed by atoms with Gasteiger partial charge in [0.2, 0.25) is 11.7 Å². The Balaban J connectivity index is 1.46. The number of aromatic nitrogens is 2. The van der Waals surface area contributed by atoms with Gasteiger partial charge in [0.1, 0.15) is 0 Å². The van der Waals surface area contributed by atoms with Crippen molar-refractivity contribution >= 4 is 5.69 Å². The first kappa shape index (κ1) is 22.5. The van der Waals surface area contributed by atoms with Crippen LogP contribution in [0.1, 0.15) is 28.6 Å². The fraction of sp³-hybridized carbons (Fsp3) is 0.231. The van der Waals surface area contributed by atoms with E-state index in [0.717, 1.165) is 29.8 Å². The highest BCUT2D eigenvalue weighted by molar-refractivity contribution is 5.56. The molecule has 1 aliphatic heterocycles. The molecule has 0 radical (unpaired) electrons. The third-order valence-electron chi connectivity index (χ3n) is 6.23. The predicted molar refractivity (Wildman–Crippen MR) is 128 cm³/mol. The molecule has 2 heterocycles. The highest BCUT2D eigenvalue weighted by atomic mass is 16.6. The summed E-state index contributed by atoms with van der Waals surface area (Å²) in [7, 11) is 3.28. The fourth-order valence-corrected chi connectivity index (χ4v) is 4.54. The van der Waals surface area contributed by atoms with Crippen LogP contribution in [0.5, 0.6) is 11.5 Å². The Morgan fingerprint density at radius 2 is 1.77 bits per heavy atom. The molecule has 9 nitrogen and oxygen atoms in total. The summed E-state index contributed by atoms with van der Waals surface area (Å²) in [4.78, 5) is 17.3. The van der Waals surface area contributed by atoms with Crippen molar-refractivity contribution in [2.45, 2.75) is 19.0 Å². The molecule has 178 valence electrons. The van der Waals surface area contributed by atoms with Crippen LogP contribution >= 0.6 is 0 Å². The van der Waals surface area contributed by atoms with Crippen LogP contribution in [0.4, 0.5) is 5.69 Å². The van der Waals surface area contributed by atoms with Crippen molar-refractivity contribution in [3.8, 4) is 22.9 Å². The summed E-state index contributed by atoms with van der Waals surface area (Å²) in [6.07, 6.45) is 0.836. The van der Waals surface area contributed by atoms with E-state index in [-0.39, 0.29) is 11.7 Å². The van der Waals surface area contributed by atoms with Gasteiger partial charge in [0.25, 0.3) is 5.69 Å². The van der Waals surface area contributed by atoms with Crippen molar-refractivity contribution < 1.29 is 18.9 Å². The molecule has 0 saturated heterocycles. The molecule has 3 aromatic carbocycles. The number of methoxy groups -OCH3 is 2. The molecule has 0 spiro atoms. The molecule has 1 aromatic heterocycles. The summed E-state index contributed by atoms with van der Waals surface area (Å²) in [5.41, 5.74) is 4.18. The number of nitro benzene ring substituents is 1. The van der Waals surface area contributed by atoms with Gasteiger partial charge in [0, 0.05) is 24.2 Å². The Kier molecular flexibility index (Phi) is 6.15. The van der Waals surface area contributed by atoms with Crippen molar-refractivity contribution in [2.75, 3.05) is 20.8 Å². The maximum absolute atomic E-state index is 10.9. The molecule has 1 atom stereocenters. The van der Waals surface area contributed by atoms with E-state index >= 15 is 0 Å². The van der Waals surface area contributed by atoms with Crippen molar-refractivity contribution in [3.63, 3.8) is 0 Å². The Bertz CT molecular complexity index is 1340. The number of benzene rings is 3. The van der Waals surface area contributed by atoms with E-state index in [1.54, 1.807) is 26.4 Å². The average molecular weight is 473 g/mol. The standard InChI is InChI=1S/C26H24N4O5/c1-33-22-14-19-12-13-29(25(17-6-4-3-5-7-17)21(19)15-23(22)34-2)16-24-27-26(28-35-24)18-8-10-20(11-9-18)30(31)32/h3-11,14-15,25H,12-13,16H2,1-2H3. The van der Waals surface area contributed by atoms with E-state index < -0.39 is 4.92 Å². The Hall–Kier alpha value is -4.24. The zero-order valence-electron chi connectivity index (χ0n) is 19.4. The van der Waals surface area contributed by atoms with Crippen LogP contribution in [-0.4, -0.2) is 40.7 Å². The maximum atomic E-state index is 10.9. The molecule has 9 heteroatoms. The Labute approximate surface area is 202 Å². The minimum atomic E-state index is -0.437. The molecule has 35 heavy (non-hydrogen) atoms. The molecular weight excluding hydrogens is 448 g/mol. The van der Waals surface area contributed by atoms with Gasteiger partial charge < -0.3 is 14.0 Å². The van der Waals surface area contributed by atoms with Crippen LogP contribution in [0, 0.1) is 10.1 Å². The van der Waals surface area contributed by atoms with Crippen molar-refractivity contribution in [3.05, 3.63) is 99.4 Å². The van der Waals surface area contributed by atoms with E-state index in [4.69, 9.17) is 14.0 Å². The van der Waals surface area contributed by atoms with Gasteiger partial charge in [-0.15, -0.1) is 0 Å². The fourth-order valence-electron chi connectivity index (χ4n) is 4.54. The lowest BCUT2D eigenvalue weighted by Gasteiger charge is -2.37. The van der Waals surface area contributed by atoms with Crippen molar-refractivity contribution in [1.82, 2.24) is 15.0 Å². The SMILES string of the molecule is COc1cc2c(cc1OC)C(c1ccccc1)N(Cc1nc(-c3ccc([N+](=O)[O-])cc3)no1)CC2. The number of fused-ring (bicyclic) bond motifs is 1. The van der Waals surface area contributed by atoms with Crippen molar-refractivity contribution in [2.24, 2.45) is 0 Å². The second-order valence-electron chi connectivity index (χ2n) is 8.26. The monoisotopic (exact) mass is 472 g/mol. The van der Waals surface area contributed by atoms with Gasteiger partial charge in [-0.2, -0.15) is 4.98 Å². The van der Waals surface area contributed by atoms with Crippen LogP contribution < -0.4 is 9.47 Å². The van der Waals surface area contributed by atoms with Crippen LogP contribution in [0.15, 0.2) is 71.3 Å². The topological polar surface area (TPSA) is 104 Å². The van der Waals surface area contributed by atoms with Gasteiger partial charge in [-0.05, 0) is 47.4 Å². The number of nitrogens with zero attached hydrogens (tertiary/aromatic N) is 4. The lowest BCUT2D eigenvalue weighted by molar-refractivity contribution is -0.384. The quantitative estimate of drug-likeness (QED) is 0.279. The molecule has 4 aromatic rings. The van der Waals surface area contributed by atoms with Crippen LogP contribution in [0.3, 0.4) is 0 Å². The minimum absolute atomic E-state index is 0.0159.